The first-order chi connectivity index (χ1) is 14.2. The summed E-state index contributed by atoms with van der Waals surface area (Å²) in [6.45, 7) is 2.41. The largest absolute Gasteiger partial charge is 0.404 e. The summed E-state index contributed by atoms with van der Waals surface area (Å²) in [5.41, 5.74) is 6.05. The molecule has 1 fully saturated rings. The van der Waals surface area contributed by atoms with Crippen molar-refractivity contribution in [2.75, 3.05) is 18.9 Å². The van der Waals surface area contributed by atoms with E-state index in [4.69, 9.17) is 17.3 Å². The minimum atomic E-state index is -1.59. The number of rotatable bonds is 8. The van der Waals surface area contributed by atoms with Crippen LogP contribution in [0.2, 0.25) is 5.15 Å². The summed E-state index contributed by atoms with van der Waals surface area (Å²) in [6, 6.07) is 1.76. The minimum Gasteiger partial charge on any atom is -0.404 e. The Hall–Kier alpha value is -2.19. The van der Waals surface area contributed by atoms with E-state index in [1.807, 2.05) is 0 Å². The molecule has 1 aromatic rings. The highest BCUT2D eigenvalue weighted by Gasteiger charge is 2.28. The van der Waals surface area contributed by atoms with Crippen molar-refractivity contribution < 1.29 is 14.3 Å². The molecule has 0 unspecified atom stereocenters. The Morgan fingerprint density at radius 1 is 1.47 bits per heavy atom. The standard InChI is InChI=1S/C21H31ClFN5O2/c1-21(2,30)18(23)12-27-20(29)16-11-26-19(22)8-17(16)28-15-6-4-13(5-7-15)14(9-24)10-25-3/h8-11,13,15,18,30H,4-7,12,24H2,1-3H3,(H,26,28)(H,27,29)/t13?,15?,18-/m1/s1. The number of pyridine rings is 1. The zero-order chi connectivity index (χ0) is 22.3. The summed E-state index contributed by atoms with van der Waals surface area (Å²) >= 11 is 6.03. The van der Waals surface area contributed by atoms with Gasteiger partial charge in [0.2, 0.25) is 0 Å². The molecular formula is C21H31ClFN5O2. The number of nitrogens with two attached hydrogens (primary N) is 1. The van der Waals surface area contributed by atoms with Crippen LogP contribution in [0.4, 0.5) is 10.1 Å². The summed E-state index contributed by atoms with van der Waals surface area (Å²) in [4.78, 5) is 20.6. The first kappa shape index (κ1) is 24.1. The van der Waals surface area contributed by atoms with Crippen molar-refractivity contribution in [2.45, 2.75) is 57.3 Å². The van der Waals surface area contributed by atoms with Gasteiger partial charge in [0.25, 0.3) is 5.91 Å². The fourth-order valence-electron chi connectivity index (χ4n) is 3.48. The van der Waals surface area contributed by atoms with Crippen LogP contribution >= 0.6 is 11.6 Å². The van der Waals surface area contributed by atoms with Gasteiger partial charge in [0.1, 0.15) is 11.3 Å². The third kappa shape index (κ3) is 6.67. The zero-order valence-electron chi connectivity index (χ0n) is 17.7. The molecule has 0 bridgehead atoms. The Balaban J connectivity index is 2.03. The molecule has 5 N–H and O–H groups in total. The lowest BCUT2D eigenvalue weighted by Crippen LogP contribution is -2.42. The molecule has 1 saturated carbocycles. The van der Waals surface area contributed by atoms with Crippen LogP contribution in [0.3, 0.4) is 0 Å². The Kier molecular flexibility index (Phi) is 8.61. The lowest BCUT2D eigenvalue weighted by molar-refractivity contribution is -0.00177. The zero-order valence-corrected chi connectivity index (χ0v) is 18.4. The number of nitrogens with one attached hydrogen (secondary N) is 2. The fourth-order valence-corrected chi connectivity index (χ4v) is 3.64. The number of alkyl halides is 1. The number of aliphatic imine (C=N–C) groups is 1. The van der Waals surface area contributed by atoms with Crippen molar-refractivity contribution in [1.29, 1.82) is 0 Å². The van der Waals surface area contributed by atoms with E-state index in [1.54, 1.807) is 25.5 Å². The molecule has 1 aliphatic rings. The first-order valence-electron chi connectivity index (χ1n) is 10.1. The Morgan fingerprint density at radius 3 is 2.70 bits per heavy atom. The van der Waals surface area contributed by atoms with E-state index in [-0.39, 0.29) is 23.3 Å². The van der Waals surface area contributed by atoms with Gasteiger partial charge in [0.05, 0.1) is 23.4 Å². The van der Waals surface area contributed by atoms with Crippen LogP contribution in [-0.4, -0.2) is 53.6 Å². The van der Waals surface area contributed by atoms with Crippen molar-refractivity contribution in [2.24, 2.45) is 16.6 Å². The van der Waals surface area contributed by atoms with Crippen molar-refractivity contribution in [3.63, 3.8) is 0 Å². The van der Waals surface area contributed by atoms with Crippen molar-refractivity contribution in [3.8, 4) is 0 Å². The number of halogens is 2. The molecule has 1 atom stereocenters. The normalized spacial score (nSPS) is 21.5. The highest BCUT2D eigenvalue weighted by molar-refractivity contribution is 6.29. The number of aliphatic hydroxyl groups is 1. The highest BCUT2D eigenvalue weighted by atomic mass is 35.5. The Labute approximate surface area is 182 Å². The lowest BCUT2D eigenvalue weighted by Gasteiger charge is -2.30. The van der Waals surface area contributed by atoms with Gasteiger partial charge >= 0.3 is 0 Å². The van der Waals surface area contributed by atoms with Gasteiger partial charge < -0.3 is 21.5 Å². The SMILES string of the molecule is CN=CC(=CN)C1CCC(Nc2cc(Cl)ncc2C(=O)NC[C@@H](F)C(C)(C)O)CC1. The predicted molar refractivity (Wildman–Crippen MR) is 119 cm³/mol. The van der Waals surface area contributed by atoms with E-state index in [9.17, 15) is 14.3 Å². The van der Waals surface area contributed by atoms with Gasteiger partial charge in [-0.1, -0.05) is 11.6 Å². The summed E-state index contributed by atoms with van der Waals surface area (Å²) in [5.74, 6) is -0.112. The second-order valence-corrected chi connectivity index (χ2v) is 8.52. The molecule has 1 heterocycles. The lowest BCUT2D eigenvalue weighted by atomic mass is 9.82. The molecule has 1 aliphatic carbocycles. The molecule has 0 saturated heterocycles. The summed E-state index contributed by atoms with van der Waals surface area (Å²) in [6.07, 6.45) is 6.88. The fraction of sp³-hybridized carbons (Fsp3) is 0.571. The summed E-state index contributed by atoms with van der Waals surface area (Å²) in [5, 5.41) is 15.9. The second kappa shape index (κ2) is 10.7. The molecule has 0 aliphatic heterocycles. The maximum absolute atomic E-state index is 14.0. The molecule has 0 spiro atoms. The van der Waals surface area contributed by atoms with E-state index in [2.05, 4.69) is 20.6 Å². The van der Waals surface area contributed by atoms with Gasteiger partial charge in [-0.3, -0.25) is 9.79 Å². The molecule has 166 valence electrons. The molecule has 1 amide bonds. The van der Waals surface area contributed by atoms with Gasteiger partial charge in [0, 0.05) is 25.5 Å². The maximum Gasteiger partial charge on any atom is 0.255 e. The van der Waals surface area contributed by atoms with Gasteiger partial charge in [-0.2, -0.15) is 0 Å². The summed E-state index contributed by atoms with van der Waals surface area (Å²) in [7, 11) is 1.73. The Bertz CT molecular complexity index is 786. The van der Waals surface area contributed by atoms with Crippen molar-refractivity contribution in [3.05, 3.63) is 34.8 Å². The number of allylic oxidation sites excluding steroid dienone is 1. The molecule has 9 heteroatoms. The third-order valence-corrected chi connectivity index (χ3v) is 5.56. The van der Waals surface area contributed by atoms with E-state index in [0.29, 0.717) is 11.6 Å². The average Bonchev–Trinajstić information content (AvgIpc) is 2.70. The molecule has 0 aromatic carbocycles. The number of hydrogen-bond donors (Lipinski definition) is 4. The maximum atomic E-state index is 14.0. The van der Waals surface area contributed by atoms with E-state index in [1.165, 1.54) is 20.0 Å². The van der Waals surface area contributed by atoms with Crippen LogP contribution in [0.5, 0.6) is 0 Å². The van der Waals surface area contributed by atoms with Crippen LogP contribution in [0.25, 0.3) is 0 Å². The molecule has 2 rings (SSSR count). The quantitative estimate of drug-likeness (QED) is 0.367. The van der Waals surface area contributed by atoms with E-state index < -0.39 is 17.7 Å². The topological polar surface area (TPSA) is 113 Å². The summed E-state index contributed by atoms with van der Waals surface area (Å²) < 4.78 is 14.0. The van der Waals surface area contributed by atoms with Crippen molar-refractivity contribution in [1.82, 2.24) is 10.3 Å². The highest BCUT2D eigenvalue weighted by Crippen LogP contribution is 2.31. The van der Waals surface area contributed by atoms with Crippen LogP contribution in [-0.2, 0) is 0 Å². The van der Waals surface area contributed by atoms with E-state index in [0.717, 1.165) is 31.3 Å². The minimum absolute atomic E-state index is 0.161. The Morgan fingerprint density at radius 2 is 2.13 bits per heavy atom. The monoisotopic (exact) mass is 439 g/mol. The molecule has 0 radical (unpaired) electrons. The predicted octanol–water partition coefficient (Wildman–Crippen LogP) is 3.09. The number of hydrogen-bond acceptors (Lipinski definition) is 6. The smallest absolute Gasteiger partial charge is 0.255 e. The van der Waals surface area contributed by atoms with Crippen LogP contribution in [0, 0.1) is 5.92 Å². The first-order valence-corrected chi connectivity index (χ1v) is 10.4. The number of carbonyl (C=O) groups excluding carboxylic acids is 1. The van der Waals surface area contributed by atoms with Crippen LogP contribution in [0.1, 0.15) is 49.9 Å². The second-order valence-electron chi connectivity index (χ2n) is 8.13. The molecule has 7 nitrogen and oxygen atoms in total. The molecule has 30 heavy (non-hydrogen) atoms. The van der Waals surface area contributed by atoms with Crippen molar-refractivity contribution >= 4 is 29.4 Å². The van der Waals surface area contributed by atoms with E-state index >= 15 is 0 Å². The van der Waals surface area contributed by atoms with Gasteiger partial charge in [-0.15, -0.1) is 0 Å². The molecule has 1 aromatic heterocycles. The van der Waals surface area contributed by atoms with Gasteiger partial charge in [0.15, 0.2) is 0 Å². The molecular weight excluding hydrogens is 409 g/mol. The van der Waals surface area contributed by atoms with Crippen LogP contribution in [0.15, 0.2) is 29.0 Å². The van der Waals surface area contributed by atoms with Gasteiger partial charge in [-0.25, -0.2) is 9.37 Å². The van der Waals surface area contributed by atoms with Gasteiger partial charge in [-0.05, 0) is 63.3 Å². The number of anilines is 1. The number of nitrogens with zero attached hydrogens (tertiary/aromatic N) is 2. The van der Waals surface area contributed by atoms with Crippen LogP contribution < -0.4 is 16.4 Å². The third-order valence-electron chi connectivity index (χ3n) is 5.35. The number of aromatic nitrogens is 1. The number of carbonyl (C=O) groups is 1. The average molecular weight is 440 g/mol. The number of amides is 1.